The summed E-state index contributed by atoms with van der Waals surface area (Å²) in [6, 6.07) is 24.1. The highest BCUT2D eigenvalue weighted by molar-refractivity contribution is 5.95. The van der Waals surface area contributed by atoms with Gasteiger partial charge in [0.1, 0.15) is 0 Å². The van der Waals surface area contributed by atoms with Gasteiger partial charge in [-0.25, -0.2) is 5.43 Å². The molecule has 0 bridgehead atoms. The van der Waals surface area contributed by atoms with Gasteiger partial charge in [0.05, 0.1) is 13.3 Å². The number of aryl methyl sites for hydroxylation is 3. The summed E-state index contributed by atoms with van der Waals surface area (Å²) in [5, 5.41) is 6.89. The maximum Gasteiger partial charge on any atom is 0.271 e. The number of benzene rings is 3. The van der Waals surface area contributed by atoms with Crippen LogP contribution in [0.1, 0.15) is 32.9 Å². The number of para-hydroxylation sites is 1. The van der Waals surface area contributed by atoms with Gasteiger partial charge in [-0.15, -0.1) is 0 Å². The summed E-state index contributed by atoms with van der Waals surface area (Å²) in [6.45, 7) is 5.83. The fourth-order valence-corrected chi connectivity index (χ4v) is 3.99. The number of rotatable bonds is 9. The molecule has 0 atom stereocenters. The minimum atomic E-state index is -0.319. The van der Waals surface area contributed by atoms with Gasteiger partial charge in [-0.3, -0.25) is 9.59 Å². The van der Waals surface area contributed by atoms with E-state index in [1.165, 1.54) is 13.3 Å². The topological polar surface area (TPSA) is 93.9 Å². The molecule has 0 fully saturated rings. The van der Waals surface area contributed by atoms with E-state index in [4.69, 9.17) is 9.47 Å². The lowest BCUT2D eigenvalue weighted by Crippen LogP contribution is -2.20. The van der Waals surface area contributed by atoms with E-state index in [0.29, 0.717) is 22.6 Å². The van der Waals surface area contributed by atoms with Crippen molar-refractivity contribution in [2.24, 2.45) is 5.10 Å². The number of hydrazone groups is 1. The van der Waals surface area contributed by atoms with Crippen molar-refractivity contribution < 1.29 is 19.1 Å². The number of hydrogen-bond donors (Lipinski definition) is 2. The van der Waals surface area contributed by atoms with Crippen LogP contribution in [0.25, 0.3) is 5.69 Å². The Kier molecular flexibility index (Phi) is 8.23. The standard InChI is InChI=1S/C30H30N4O4/c1-20-7-5-6-8-26(20)32-29(35)19-38-27-16-11-23(17-28(27)37-4)18-31-33-30(36)24-12-14-25(15-13-24)34-21(2)9-10-22(34)3/h5-18H,19H2,1-4H3,(H,32,35)(H,33,36)/b31-18-. The average Bonchev–Trinajstić information content (AvgIpc) is 3.26. The van der Waals surface area contributed by atoms with Crippen molar-refractivity contribution in [3.8, 4) is 17.2 Å². The monoisotopic (exact) mass is 510 g/mol. The summed E-state index contributed by atoms with van der Waals surface area (Å²) < 4.78 is 13.2. The first-order valence-corrected chi connectivity index (χ1v) is 12.1. The van der Waals surface area contributed by atoms with E-state index in [2.05, 4.69) is 32.5 Å². The van der Waals surface area contributed by atoms with Gasteiger partial charge < -0.3 is 19.4 Å². The molecule has 3 aromatic carbocycles. The first kappa shape index (κ1) is 26.2. The number of ether oxygens (including phenoxy) is 2. The molecule has 0 aliphatic rings. The summed E-state index contributed by atoms with van der Waals surface area (Å²) in [5.74, 6) is 0.263. The summed E-state index contributed by atoms with van der Waals surface area (Å²) in [6.07, 6.45) is 1.51. The molecule has 8 nitrogen and oxygen atoms in total. The maximum atomic E-state index is 12.5. The summed E-state index contributed by atoms with van der Waals surface area (Å²) >= 11 is 0. The Hall–Kier alpha value is -4.85. The molecule has 1 heterocycles. The van der Waals surface area contributed by atoms with Crippen molar-refractivity contribution in [1.29, 1.82) is 0 Å². The zero-order valence-electron chi connectivity index (χ0n) is 21.8. The smallest absolute Gasteiger partial charge is 0.271 e. The number of nitrogens with one attached hydrogen (secondary N) is 2. The Morgan fingerprint density at radius 3 is 2.29 bits per heavy atom. The van der Waals surface area contributed by atoms with Crippen LogP contribution >= 0.6 is 0 Å². The number of carbonyl (C=O) groups excluding carboxylic acids is 2. The van der Waals surface area contributed by atoms with Crippen LogP contribution in [0.5, 0.6) is 11.5 Å². The van der Waals surface area contributed by atoms with E-state index in [-0.39, 0.29) is 18.4 Å². The van der Waals surface area contributed by atoms with Gasteiger partial charge in [-0.05, 0) is 92.6 Å². The molecule has 4 aromatic rings. The van der Waals surface area contributed by atoms with Crippen molar-refractivity contribution in [3.63, 3.8) is 0 Å². The van der Waals surface area contributed by atoms with Crippen LogP contribution in [0.3, 0.4) is 0 Å². The van der Waals surface area contributed by atoms with Gasteiger partial charge in [0.2, 0.25) is 0 Å². The first-order valence-electron chi connectivity index (χ1n) is 12.1. The molecular formula is C30H30N4O4. The Bertz CT molecular complexity index is 1450. The third kappa shape index (κ3) is 6.28. The molecule has 1 aromatic heterocycles. The number of hydrogen-bond acceptors (Lipinski definition) is 5. The number of amides is 2. The zero-order chi connectivity index (χ0) is 27.1. The van der Waals surface area contributed by atoms with E-state index >= 15 is 0 Å². The van der Waals surface area contributed by atoms with Crippen LogP contribution < -0.4 is 20.2 Å². The van der Waals surface area contributed by atoms with Gasteiger partial charge in [0, 0.05) is 28.3 Å². The van der Waals surface area contributed by atoms with E-state index < -0.39 is 0 Å². The van der Waals surface area contributed by atoms with E-state index in [1.54, 1.807) is 30.3 Å². The largest absolute Gasteiger partial charge is 0.493 e. The second kappa shape index (κ2) is 11.9. The molecule has 0 saturated carbocycles. The molecule has 0 aliphatic heterocycles. The number of nitrogens with zero attached hydrogens (tertiary/aromatic N) is 2. The van der Waals surface area contributed by atoms with Gasteiger partial charge >= 0.3 is 0 Å². The predicted octanol–water partition coefficient (Wildman–Crippen LogP) is 5.19. The van der Waals surface area contributed by atoms with Crippen LogP contribution in [0.15, 0.2) is 84.0 Å². The lowest BCUT2D eigenvalue weighted by molar-refractivity contribution is -0.118. The van der Waals surface area contributed by atoms with Crippen LogP contribution in [0.2, 0.25) is 0 Å². The van der Waals surface area contributed by atoms with Crippen molar-refractivity contribution >= 4 is 23.7 Å². The normalized spacial score (nSPS) is 10.8. The lowest BCUT2D eigenvalue weighted by atomic mass is 10.2. The van der Waals surface area contributed by atoms with E-state index in [1.807, 2.05) is 57.2 Å². The first-order chi connectivity index (χ1) is 18.4. The molecule has 8 heteroatoms. The Labute approximate surface area is 221 Å². The van der Waals surface area contributed by atoms with Crippen LogP contribution in [-0.2, 0) is 4.79 Å². The molecular weight excluding hydrogens is 480 g/mol. The zero-order valence-corrected chi connectivity index (χ0v) is 21.8. The highest BCUT2D eigenvalue weighted by atomic mass is 16.5. The van der Waals surface area contributed by atoms with Gasteiger partial charge in [0.15, 0.2) is 18.1 Å². The number of aromatic nitrogens is 1. The minimum absolute atomic E-state index is 0.170. The highest BCUT2D eigenvalue weighted by Crippen LogP contribution is 2.27. The Morgan fingerprint density at radius 2 is 1.61 bits per heavy atom. The van der Waals surface area contributed by atoms with Gasteiger partial charge in [-0.1, -0.05) is 18.2 Å². The van der Waals surface area contributed by atoms with Crippen molar-refractivity contribution in [2.45, 2.75) is 20.8 Å². The highest BCUT2D eigenvalue weighted by Gasteiger charge is 2.10. The van der Waals surface area contributed by atoms with Gasteiger partial charge in [0.25, 0.3) is 11.8 Å². The fourth-order valence-electron chi connectivity index (χ4n) is 3.99. The second-order valence-corrected chi connectivity index (χ2v) is 8.76. The van der Waals surface area contributed by atoms with E-state index in [9.17, 15) is 9.59 Å². The molecule has 2 N–H and O–H groups in total. The number of methoxy groups -OCH3 is 1. The molecule has 4 rings (SSSR count). The summed E-state index contributed by atoms with van der Waals surface area (Å²) in [5.41, 5.74) is 8.68. The minimum Gasteiger partial charge on any atom is -0.493 e. The average molecular weight is 511 g/mol. The summed E-state index contributed by atoms with van der Waals surface area (Å²) in [7, 11) is 1.51. The molecule has 194 valence electrons. The maximum absolute atomic E-state index is 12.5. The molecule has 0 radical (unpaired) electrons. The second-order valence-electron chi connectivity index (χ2n) is 8.76. The molecule has 2 amide bonds. The molecule has 0 spiro atoms. The fraction of sp³-hybridized carbons (Fsp3) is 0.167. The lowest BCUT2D eigenvalue weighted by Gasteiger charge is -2.12. The van der Waals surface area contributed by atoms with Crippen molar-refractivity contribution in [3.05, 3.63) is 107 Å². The number of anilines is 1. The third-order valence-corrected chi connectivity index (χ3v) is 6.00. The Morgan fingerprint density at radius 1 is 0.895 bits per heavy atom. The molecule has 0 unspecified atom stereocenters. The SMILES string of the molecule is COc1cc(/C=N\NC(=O)c2ccc(-n3c(C)ccc3C)cc2)ccc1OCC(=O)Nc1ccccc1C. The van der Waals surface area contributed by atoms with Gasteiger partial charge in [-0.2, -0.15) is 5.10 Å². The van der Waals surface area contributed by atoms with Crippen molar-refractivity contribution in [1.82, 2.24) is 9.99 Å². The van der Waals surface area contributed by atoms with Crippen LogP contribution in [-0.4, -0.2) is 36.3 Å². The molecule has 38 heavy (non-hydrogen) atoms. The third-order valence-electron chi connectivity index (χ3n) is 6.00. The van der Waals surface area contributed by atoms with E-state index in [0.717, 1.165) is 28.3 Å². The number of carbonyl (C=O) groups is 2. The quantitative estimate of drug-likeness (QED) is 0.239. The van der Waals surface area contributed by atoms with Crippen LogP contribution in [0, 0.1) is 20.8 Å². The molecule has 0 aliphatic carbocycles. The predicted molar refractivity (Wildman–Crippen MR) is 149 cm³/mol. The van der Waals surface area contributed by atoms with Crippen molar-refractivity contribution in [2.75, 3.05) is 19.0 Å². The van der Waals surface area contributed by atoms with Crippen LogP contribution in [0.4, 0.5) is 5.69 Å². The Balaban J connectivity index is 1.33. The molecule has 0 saturated heterocycles. The summed E-state index contributed by atoms with van der Waals surface area (Å²) in [4.78, 5) is 24.8.